The summed E-state index contributed by atoms with van der Waals surface area (Å²) in [5, 5.41) is 10.1. The third-order valence-corrected chi connectivity index (χ3v) is 2.63. The normalized spacial score (nSPS) is 9.67. The number of hydrogen-bond acceptors (Lipinski definition) is 5. The molecule has 21 heavy (non-hydrogen) atoms. The van der Waals surface area contributed by atoms with Crippen LogP contribution in [0.25, 0.3) is 0 Å². The van der Waals surface area contributed by atoms with Crippen molar-refractivity contribution in [3.63, 3.8) is 0 Å². The van der Waals surface area contributed by atoms with Crippen LogP contribution in [0.3, 0.4) is 0 Å². The number of nitrogens with two attached hydrogens (primary N) is 3. The van der Waals surface area contributed by atoms with Crippen LogP contribution < -0.4 is 17.2 Å². The van der Waals surface area contributed by atoms with E-state index in [1.54, 1.807) is 19.1 Å². The quantitative estimate of drug-likeness (QED) is 0.424. The van der Waals surface area contributed by atoms with Crippen LogP contribution in [-0.4, -0.2) is 4.92 Å². The van der Waals surface area contributed by atoms with Gasteiger partial charge < -0.3 is 17.2 Å². The Morgan fingerprint density at radius 3 is 2.14 bits per heavy atom. The predicted octanol–water partition coefficient (Wildman–Crippen LogP) is 2.61. The average Bonchev–Trinajstić information content (AvgIpc) is 2.44. The number of rotatable bonds is 1. The number of para-hydroxylation sites is 1. The van der Waals surface area contributed by atoms with Gasteiger partial charge in [0.1, 0.15) is 5.69 Å². The smallest absolute Gasteiger partial charge is 0.295 e. The van der Waals surface area contributed by atoms with Gasteiger partial charge in [-0.2, -0.15) is 0 Å². The maximum atomic E-state index is 12.8. The Morgan fingerprint density at radius 2 is 1.67 bits per heavy atom. The summed E-state index contributed by atoms with van der Waals surface area (Å²) in [5.41, 5.74) is 15.7. The van der Waals surface area contributed by atoms with E-state index < -0.39 is 27.9 Å². The Hall–Kier alpha value is -2.90. The second-order valence-corrected chi connectivity index (χ2v) is 4.13. The van der Waals surface area contributed by atoms with Crippen LogP contribution in [0.4, 0.5) is 31.5 Å². The average molecular weight is 296 g/mol. The summed E-state index contributed by atoms with van der Waals surface area (Å²) >= 11 is 0. The Morgan fingerprint density at radius 1 is 1.05 bits per heavy atom. The topological polar surface area (TPSA) is 121 Å². The first-order chi connectivity index (χ1) is 9.75. The lowest BCUT2D eigenvalue weighted by Crippen LogP contribution is -1.99. The van der Waals surface area contributed by atoms with Gasteiger partial charge in [-0.25, -0.2) is 8.78 Å². The van der Waals surface area contributed by atoms with Crippen molar-refractivity contribution in [2.45, 2.75) is 6.92 Å². The number of nitro benzene ring substituents is 1. The summed E-state index contributed by atoms with van der Waals surface area (Å²) in [4.78, 5) is 9.41. The van der Waals surface area contributed by atoms with Crippen LogP contribution in [-0.2, 0) is 0 Å². The second kappa shape index (κ2) is 6.51. The highest BCUT2D eigenvalue weighted by Gasteiger charge is 2.13. The molecule has 0 atom stereocenters. The van der Waals surface area contributed by atoms with E-state index in [2.05, 4.69) is 0 Å². The van der Waals surface area contributed by atoms with E-state index in [1.165, 1.54) is 6.07 Å². The predicted molar refractivity (Wildman–Crippen MR) is 77.4 cm³/mol. The van der Waals surface area contributed by atoms with Crippen LogP contribution in [0.1, 0.15) is 5.56 Å². The molecular weight excluding hydrogens is 282 g/mol. The third kappa shape index (κ3) is 3.78. The number of anilines is 3. The summed E-state index contributed by atoms with van der Waals surface area (Å²) in [6.07, 6.45) is 0. The molecule has 0 saturated heterocycles. The molecule has 0 aliphatic carbocycles. The van der Waals surface area contributed by atoms with Crippen LogP contribution in [0, 0.1) is 28.7 Å². The van der Waals surface area contributed by atoms with Crippen molar-refractivity contribution >= 4 is 22.7 Å². The van der Waals surface area contributed by atoms with E-state index in [9.17, 15) is 18.9 Å². The lowest BCUT2D eigenvalue weighted by Gasteiger charge is -2.02. The lowest BCUT2D eigenvalue weighted by atomic mass is 10.2. The number of nitrogen functional groups attached to an aromatic ring is 3. The van der Waals surface area contributed by atoms with Gasteiger partial charge in [-0.05, 0) is 24.6 Å². The number of aryl methyl sites for hydroxylation is 1. The molecule has 2 aromatic carbocycles. The van der Waals surface area contributed by atoms with Crippen LogP contribution in [0.2, 0.25) is 0 Å². The summed E-state index contributed by atoms with van der Waals surface area (Å²) < 4.78 is 25.3. The van der Waals surface area contributed by atoms with Gasteiger partial charge in [0.15, 0.2) is 11.6 Å². The van der Waals surface area contributed by atoms with Gasteiger partial charge in [0.25, 0.3) is 5.69 Å². The highest BCUT2D eigenvalue weighted by Crippen LogP contribution is 2.22. The minimum Gasteiger partial charge on any atom is -0.397 e. The first-order valence-electron chi connectivity index (χ1n) is 5.74. The summed E-state index contributed by atoms with van der Waals surface area (Å²) in [6, 6.07) is 6.65. The monoisotopic (exact) mass is 296 g/mol. The molecule has 112 valence electrons. The van der Waals surface area contributed by atoms with Gasteiger partial charge in [0.2, 0.25) is 0 Å². The summed E-state index contributed by atoms with van der Waals surface area (Å²) in [7, 11) is 0. The van der Waals surface area contributed by atoms with Gasteiger partial charge in [-0.3, -0.25) is 10.1 Å². The fourth-order valence-electron chi connectivity index (χ4n) is 1.40. The standard InChI is InChI=1S/C7H9FN2.C6H5FN2O2/c1-4-2-3-5(9)7(10)6(4)8;7-4-2-1-3-5(6(4)8)9(10)11/h2-3H,9-10H2,1H3;1-3H,8H2. The number of benzene rings is 2. The molecule has 6 N–H and O–H groups in total. The first-order valence-corrected chi connectivity index (χ1v) is 5.74. The zero-order chi connectivity index (χ0) is 16.2. The molecule has 0 fully saturated rings. The van der Waals surface area contributed by atoms with Crippen molar-refractivity contribution in [1.82, 2.24) is 0 Å². The maximum absolute atomic E-state index is 12.8. The van der Waals surface area contributed by atoms with Gasteiger partial charge >= 0.3 is 0 Å². The lowest BCUT2D eigenvalue weighted by molar-refractivity contribution is -0.384. The molecular formula is C13H14F2N4O2. The molecule has 0 heterocycles. The summed E-state index contributed by atoms with van der Waals surface area (Å²) in [5.74, 6) is -1.18. The van der Waals surface area contributed by atoms with E-state index in [0.717, 1.165) is 12.1 Å². The zero-order valence-electron chi connectivity index (χ0n) is 11.1. The third-order valence-electron chi connectivity index (χ3n) is 2.63. The molecule has 0 aliphatic rings. The van der Waals surface area contributed by atoms with Crippen LogP contribution in [0.15, 0.2) is 30.3 Å². The highest BCUT2D eigenvalue weighted by molar-refractivity contribution is 5.64. The van der Waals surface area contributed by atoms with Crippen molar-refractivity contribution in [2.75, 3.05) is 17.2 Å². The van der Waals surface area contributed by atoms with Gasteiger partial charge in [0.05, 0.1) is 16.3 Å². The van der Waals surface area contributed by atoms with Crippen LogP contribution in [0.5, 0.6) is 0 Å². The Kier molecular flexibility index (Phi) is 5.01. The molecule has 2 aromatic rings. The molecule has 0 amide bonds. The number of nitrogens with zero attached hydrogens (tertiary/aromatic N) is 1. The zero-order valence-corrected chi connectivity index (χ0v) is 11.1. The van der Waals surface area contributed by atoms with E-state index in [1.807, 2.05) is 0 Å². The molecule has 2 rings (SSSR count). The SMILES string of the molecule is Cc1ccc(N)c(N)c1F.Nc1c(F)cccc1[N+](=O)[O-]. The van der Waals surface area contributed by atoms with E-state index in [-0.39, 0.29) is 5.69 Å². The molecule has 8 heteroatoms. The first kappa shape index (κ1) is 16.2. The Balaban J connectivity index is 0.000000211. The van der Waals surface area contributed by atoms with Crippen LogP contribution >= 0.6 is 0 Å². The van der Waals surface area contributed by atoms with Crippen molar-refractivity contribution in [3.8, 4) is 0 Å². The van der Waals surface area contributed by atoms with E-state index >= 15 is 0 Å². The van der Waals surface area contributed by atoms with Gasteiger partial charge in [0, 0.05) is 6.07 Å². The van der Waals surface area contributed by atoms with Crippen molar-refractivity contribution in [3.05, 3.63) is 57.6 Å². The molecule has 6 nitrogen and oxygen atoms in total. The fourth-order valence-corrected chi connectivity index (χ4v) is 1.40. The molecule has 0 aliphatic heterocycles. The minimum absolute atomic E-state index is 0.0417. The molecule has 0 saturated carbocycles. The second-order valence-electron chi connectivity index (χ2n) is 4.13. The molecule has 0 aromatic heterocycles. The van der Waals surface area contributed by atoms with E-state index in [0.29, 0.717) is 11.3 Å². The Bertz CT molecular complexity index is 650. The van der Waals surface area contributed by atoms with Gasteiger partial charge in [-0.1, -0.05) is 12.1 Å². The Labute approximate surface area is 119 Å². The summed E-state index contributed by atoms with van der Waals surface area (Å²) in [6.45, 7) is 1.64. The van der Waals surface area contributed by atoms with Crippen molar-refractivity contribution < 1.29 is 13.7 Å². The minimum atomic E-state index is -0.765. The van der Waals surface area contributed by atoms with Crippen molar-refractivity contribution in [1.29, 1.82) is 0 Å². The molecule has 0 unspecified atom stereocenters. The fraction of sp³-hybridized carbons (Fsp3) is 0.0769. The van der Waals surface area contributed by atoms with Gasteiger partial charge in [-0.15, -0.1) is 0 Å². The molecule has 0 bridgehead atoms. The molecule has 0 spiro atoms. The molecule has 0 radical (unpaired) electrons. The number of halogens is 2. The van der Waals surface area contributed by atoms with E-state index in [4.69, 9.17) is 17.2 Å². The number of hydrogen-bond donors (Lipinski definition) is 3. The van der Waals surface area contributed by atoms with Crippen molar-refractivity contribution in [2.24, 2.45) is 0 Å². The largest absolute Gasteiger partial charge is 0.397 e. The number of nitro groups is 1. The maximum Gasteiger partial charge on any atom is 0.295 e. The highest BCUT2D eigenvalue weighted by atomic mass is 19.1.